The molecule has 1 amide bonds. The van der Waals surface area contributed by atoms with E-state index in [4.69, 9.17) is 4.74 Å². The summed E-state index contributed by atoms with van der Waals surface area (Å²) in [6, 6.07) is 2.81. The normalized spacial score (nSPS) is 10.2. The summed E-state index contributed by atoms with van der Waals surface area (Å²) in [4.78, 5) is 14.7. The van der Waals surface area contributed by atoms with Crippen LogP contribution in [-0.4, -0.2) is 23.5 Å². The number of carbonyl (C=O) groups excluding carboxylic acids is 1. The molecule has 0 unspecified atom stereocenters. The van der Waals surface area contributed by atoms with Gasteiger partial charge in [0.2, 0.25) is 11.9 Å². The number of pyridine rings is 1. The SMILES string of the molecule is CC(C)NC(=O)CCOc1ccc(F)nc1. The van der Waals surface area contributed by atoms with Crippen molar-refractivity contribution in [2.75, 3.05) is 6.61 Å². The van der Waals surface area contributed by atoms with Crippen LogP contribution in [0.15, 0.2) is 18.3 Å². The zero-order chi connectivity index (χ0) is 12.0. The lowest BCUT2D eigenvalue weighted by molar-refractivity contribution is -0.122. The molecule has 1 rings (SSSR count). The van der Waals surface area contributed by atoms with Gasteiger partial charge in [-0.05, 0) is 26.0 Å². The number of ether oxygens (including phenoxy) is 1. The topological polar surface area (TPSA) is 51.2 Å². The van der Waals surface area contributed by atoms with Crippen LogP contribution in [0.1, 0.15) is 20.3 Å². The molecule has 0 spiro atoms. The minimum atomic E-state index is -0.551. The van der Waals surface area contributed by atoms with Crippen LogP contribution < -0.4 is 10.1 Å². The molecule has 0 bridgehead atoms. The van der Waals surface area contributed by atoms with Crippen molar-refractivity contribution in [3.63, 3.8) is 0 Å². The highest BCUT2D eigenvalue weighted by Crippen LogP contribution is 2.08. The van der Waals surface area contributed by atoms with Crippen LogP contribution in [0.3, 0.4) is 0 Å². The van der Waals surface area contributed by atoms with Crippen molar-refractivity contribution in [1.82, 2.24) is 10.3 Å². The maximum atomic E-state index is 12.4. The van der Waals surface area contributed by atoms with E-state index in [0.717, 1.165) is 0 Å². The molecule has 0 atom stereocenters. The van der Waals surface area contributed by atoms with E-state index in [1.165, 1.54) is 18.3 Å². The lowest BCUT2D eigenvalue weighted by atomic mass is 10.3. The van der Waals surface area contributed by atoms with Crippen molar-refractivity contribution in [2.24, 2.45) is 0 Å². The Bertz CT molecular complexity index is 338. The summed E-state index contributed by atoms with van der Waals surface area (Å²) in [5, 5.41) is 2.74. The first-order valence-electron chi connectivity index (χ1n) is 5.11. The Morgan fingerprint density at radius 1 is 1.56 bits per heavy atom. The first kappa shape index (κ1) is 12.4. The van der Waals surface area contributed by atoms with Gasteiger partial charge in [0, 0.05) is 6.04 Å². The molecule has 0 aromatic carbocycles. The van der Waals surface area contributed by atoms with Gasteiger partial charge in [-0.15, -0.1) is 0 Å². The van der Waals surface area contributed by atoms with Gasteiger partial charge in [-0.1, -0.05) is 0 Å². The average molecular weight is 226 g/mol. The van der Waals surface area contributed by atoms with Crippen LogP contribution in [0.5, 0.6) is 5.75 Å². The third kappa shape index (κ3) is 4.72. The molecule has 0 aliphatic carbocycles. The molecule has 16 heavy (non-hydrogen) atoms. The molecule has 1 N–H and O–H groups in total. The number of aromatic nitrogens is 1. The highest BCUT2D eigenvalue weighted by Gasteiger charge is 2.03. The molecule has 1 heterocycles. The highest BCUT2D eigenvalue weighted by molar-refractivity contribution is 5.76. The van der Waals surface area contributed by atoms with Gasteiger partial charge in [0.15, 0.2) is 0 Å². The summed E-state index contributed by atoms with van der Waals surface area (Å²) in [5.74, 6) is -0.159. The zero-order valence-electron chi connectivity index (χ0n) is 9.37. The van der Waals surface area contributed by atoms with Gasteiger partial charge in [0.05, 0.1) is 19.2 Å². The summed E-state index contributed by atoms with van der Waals surface area (Å²) < 4.78 is 17.7. The number of rotatable bonds is 5. The molecule has 1 aromatic rings. The van der Waals surface area contributed by atoms with Crippen LogP contribution in [-0.2, 0) is 4.79 Å². The molecule has 0 saturated carbocycles. The lowest BCUT2D eigenvalue weighted by Crippen LogP contribution is -2.31. The third-order valence-corrected chi connectivity index (χ3v) is 1.75. The van der Waals surface area contributed by atoms with Gasteiger partial charge < -0.3 is 10.1 Å². The molecule has 5 heteroatoms. The predicted octanol–water partition coefficient (Wildman–Crippen LogP) is 1.51. The van der Waals surface area contributed by atoms with Gasteiger partial charge in [-0.3, -0.25) is 4.79 Å². The van der Waals surface area contributed by atoms with Crippen molar-refractivity contribution in [3.8, 4) is 5.75 Å². The summed E-state index contributed by atoms with van der Waals surface area (Å²) in [7, 11) is 0. The second kappa shape index (κ2) is 6.05. The van der Waals surface area contributed by atoms with E-state index in [1.54, 1.807) is 0 Å². The Kier molecular flexibility index (Phi) is 4.69. The van der Waals surface area contributed by atoms with E-state index in [2.05, 4.69) is 10.3 Å². The Labute approximate surface area is 93.8 Å². The lowest BCUT2D eigenvalue weighted by Gasteiger charge is -2.08. The summed E-state index contributed by atoms with van der Waals surface area (Å²) in [6.07, 6.45) is 1.56. The Hall–Kier alpha value is -1.65. The van der Waals surface area contributed by atoms with Crippen molar-refractivity contribution >= 4 is 5.91 Å². The summed E-state index contributed by atoms with van der Waals surface area (Å²) >= 11 is 0. The predicted molar refractivity (Wildman–Crippen MR) is 57.6 cm³/mol. The molecule has 0 radical (unpaired) electrons. The third-order valence-electron chi connectivity index (χ3n) is 1.75. The number of nitrogens with zero attached hydrogens (tertiary/aromatic N) is 1. The van der Waals surface area contributed by atoms with Crippen LogP contribution >= 0.6 is 0 Å². The first-order valence-corrected chi connectivity index (χ1v) is 5.11. The van der Waals surface area contributed by atoms with Crippen molar-refractivity contribution < 1.29 is 13.9 Å². The van der Waals surface area contributed by atoms with Crippen molar-refractivity contribution in [3.05, 3.63) is 24.3 Å². The average Bonchev–Trinajstić information content (AvgIpc) is 2.20. The van der Waals surface area contributed by atoms with E-state index < -0.39 is 5.95 Å². The Balaban J connectivity index is 2.25. The molecule has 0 fully saturated rings. The van der Waals surface area contributed by atoms with E-state index >= 15 is 0 Å². The second-order valence-corrected chi connectivity index (χ2v) is 3.64. The quantitative estimate of drug-likeness (QED) is 0.774. The van der Waals surface area contributed by atoms with E-state index in [0.29, 0.717) is 5.75 Å². The molecule has 0 aliphatic rings. The highest BCUT2D eigenvalue weighted by atomic mass is 19.1. The van der Waals surface area contributed by atoms with Gasteiger partial charge >= 0.3 is 0 Å². The standard InChI is InChI=1S/C11H15FN2O2/c1-8(2)14-11(15)5-6-16-9-3-4-10(12)13-7-9/h3-4,7-8H,5-6H2,1-2H3,(H,14,15). The molecule has 88 valence electrons. The molecular formula is C11H15FN2O2. The summed E-state index contributed by atoms with van der Waals surface area (Å²) in [6.45, 7) is 4.04. The fourth-order valence-electron chi connectivity index (χ4n) is 1.10. The van der Waals surface area contributed by atoms with Gasteiger partial charge in [-0.25, -0.2) is 4.98 Å². The van der Waals surface area contributed by atoms with Gasteiger partial charge in [-0.2, -0.15) is 4.39 Å². The van der Waals surface area contributed by atoms with E-state index in [-0.39, 0.29) is 25.0 Å². The number of halogens is 1. The monoisotopic (exact) mass is 226 g/mol. The fraction of sp³-hybridized carbons (Fsp3) is 0.455. The van der Waals surface area contributed by atoms with Crippen molar-refractivity contribution in [2.45, 2.75) is 26.3 Å². The van der Waals surface area contributed by atoms with Crippen LogP contribution in [0, 0.1) is 5.95 Å². The van der Waals surface area contributed by atoms with Gasteiger partial charge in [0.25, 0.3) is 0 Å². The number of amides is 1. The largest absolute Gasteiger partial charge is 0.491 e. The molecule has 0 aliphatic heterocycles. The number of hydrogen-bond donors (Lipinski definition) is 1. The Morgan fingerprint density at radius 2 is 2.31 bits per heavy atom. The number of carbonyl (C=O) groups is 1. The van der Waals surface area contributed by atoms with Crippen LogP contribution in [0.4, 0.5) is 4.39 Å². The second-order valence-electron chi connectivity index (χ2n) is 3.64. The van der Waals surface area contributed by atoms with Crippen LogP contribution in [0.2, 0.25) is 0 Å². The minimum absolute atomic E-state index is 0.0647. The molecule has 1 aromatic heterocycles. The van der Waals surface area contributed by atoms with Crippen LogP contribution in [0.25, 0.3) is 0 Å². The zero-order valence-corrected chi connectivity index (χ0v) is 9.37. The minimum Gasteiger partial charge on any atom is -0.491 e. The van der Waals surface area contributed by atoms with Crippen molar-refractivity contribution in [1.29, 1.82) is 0 Å². The van der Waals surface area contributed by atoms with Gasteiger partial charge in [0.1, 0.15) is 5.75 Å². The Morgan fingerprint density at radius 3 is 2.88 bits per heavy atom. The molecule has 4 nitrogen and oxygen atoms in total. The maximum Gasteiger partial charge on any atom is 0.223 e. The molecule has 0 saturated heterocycles. The first-order chi connectivity index (χ1) is 7.58. The summed E-state index contributed by atoms with van der Waals surface area (Å²) in [5.41, 5.74) is 0. The number of nitrogens with one attached hydrogen (secondary N) is 1. The van der Waals surface area contributed by atoms with E-state index in [1.807, 2.05) is 13.8 Å². The fourth-order valence-corrected chi connectivity index (χ4v) is 1.10. The number of hydrogen-bond acceptors (Lipinski definition) is 3. The van der Waals surface area contributed by atoms with E-state index in [9.17, 15) is 9.18 Å². The molecular weight excluding hydrogens is 211 g/mol. The maximum absolute atomic E-state index is 12.4. The smallest absolute Gasteiger partial charge is 0.223 e.